The van der Waals surface area contributed by atoms with Gasteiger partial charge in [-0.3, -0.25) is 0 Å². The molecule has 0 aromatic heterocycles. The SMILES string of the molecule is CC1(C)OB(c2ccc(-c3ccc(N=S(C)(C)=O)cc3)cc2F)OC1(C)C. The Morgan fingerprint density at radius 3 is 1.93 bits per heavy atom. The third-order valence-corrected chi connectivity index (χ3v) is 5.68. The van der Waals surface area contributed by atoms with Crippen molar-refractivity contribution in [3.63, 3.8) is 0 Å². The van der Waals surface area contributed by atoms with E-state index in [0.29, 0.717) is 11.2 Å². The maximum Gasteiger partial charge on any atom is 0.497 e. The summed E-state index contributed by atoms with van der Waals surface area (Å²) in [6, 6.07) is 12.3. The molecule has 0 unspecified atom stereocenters. The molecule has 4 nitrogen and oxygen atoms in total. The van der Waals surface area contributed by atoms with Gasteiger partial charge in [0.1, 0.15) is 5.82 Å². The third kappa shape index (κ3) is 4.26. The zero-order valence-electron chi connectivity index (χ0n) is 16.6. The molecule has 0 aliphatic carbocycles. The molecule has 1 heterocycles. The summed E-state index contributed by atoms with van der Waals surface area (Å²) in [5, 5.41) is 0. The van der Waals surface area contributed by atoms with Crippen LogP contribution in [0.15, 0.2) is 46.8 Å². The number of nitrogens with zero attached hydrogens (tertiary/aromatic N) is 1. The van der Waals surface area contributed by atoms with Crippen LogP contribution in [-0.4, -0.2) is 35.0 Å². The Balaban J connectivity index is 1.87. The smallest absolute Gasteiger partial charge is 0.399 e. The zero-order chi connectivity index (χ0) is 20.0. The largest absolute Gasteiger partial charge is 0.497 e. The Kier molecular flexibility index (Phi) is 4.99. The standard InChI is InChI=1S/C20H25BFNO3S/c1-19(2)20(3,4)26-21(25-19)17-12-9-15(13-18(17)22)14-7-10-16(11-8-14)23-27(5,6)24/h7-13H,1-6H3. The molecule has 1 saturated heterocycles. The van der Waals surface area contributed by atoms with Crippen molar-refractivity contribution in [1.82, 2.24) is 0 Å². The number of benzene rings is 2. The first-order valence-corrected chi connectivity index (χ1v) is 11.1. The second-order valence-electron chi connectivity index (χ2n) is 8.14. The van der Waals surface area contributed by atoms with E-state index in [1.165, 1.54) is 6.07 Å². The number of hydrogen-bond donors (Lipinski definition) is 0. The maximum atomic E-state index is 14.8. The Labute approximate surface area is 161 Å². The van der Waals surface area contributed by atoms with Crippen LogP contribution in [0.3, 0.4) is 0 Å². The Morgan fingerprint density at radius 2 is 1.44 bits per heavy atom. The molecule has 2 aromatic carbocycles. The summed E-state index contributed by atoms with van der Waals surface area (Å²) in [5.74, 6) is -0.370. The predicted molar refractivity (Wildman–Crippen MR) is 110 cm³/mol. The van der Waals surface area contributed by atoms with Crippen molar-refractivity contribution in [2.45, 2.75) is 38.9 Å². The first-order valence-electron chi connectivity index (χ1n) is 8.81. The highest BCUT2D eigenvalue weighted by molar-refractivity contribution is 7.92. The normalized spacial score (nSPS) is 18.6. The maximum absolute atomic E-state index is 14.8. The molecule has 1 fully saturated rings. The van der Waals surface area contributed by atoms with Gasteiger partial charge in [0.2, 0.25) is 0 Å². The summed E-state index contributed by atoms with van der Waals surface area (Å²) in [7, 11) is -2.94. The van der Waals surface area contributed by atoms with Crippen LogP contribution in [-0.2, 0) is 19.0 Å². The van der Waals surface area contributed by atoms with Crippen molar-refractivity contribution in [1.29, 1.82) is 0 Å². The quantitative estimate of drug-likeness (QED) is 0.741. The molecule has 27 heavy (non-hydrogen) atoms. The van der Waals surface area contributed by atoms with E-state index < -0.39 is 28.0 Å². The highest BCUT2D eigenvalue weighted by Gasteiger charge is 2.52. The lowest BCUT2D eigenvalue weighted by Gasteiger charge is -2.32. The Morgan fingerprint density at radius 1 is 0.926 bits per heavy atom. The van der Waals surface area contributed by atoms with E-state index in [-0.39, 0.29) is 5.82 Å². The number of hydrogen-bond acceptors (Lipinski definition) is 4. The van der Waals surface area contributed by atoms with Gasteiger partial charge in [0, 0.05) is 27.7 Å². The van der Waals surface area contributed by atoms with Crippen LogP contribution >= 0.6 is 0 Å². The molecular formula is C20H25BFNO3S. The van der Waals surface area contributed by atoms with Crippen LogP contribution in [0.2, 0.25) is 0 Å². The van der Waals surface area contributed by atoms with Crippen LogP contribution in [0.1, 0.15) is 27.7 Å². The van der Waals surface area contributed by atoms with Gasteiger partial charge >= 0.3 is 7.12 Å². The van der Waals surface area contributed by atoms with Crippen LogP contribution < -0.4 is 5.46 Å². The summed E-state index contributed by atoms with van der Waals surface area (Å²) >= 11 is 0. The summed E-state index contributed by atoms with van der Waals surface area (Å²) in [5.41, 5.74) is 1.60. The first-order chi connectivity index (χ1) is 12.4. The van der Waals surface area contributed by atoms with E-state index in [1.54, 1.807) is 30.7 Å². The lowest BCUT2D eigenvalue weighted by molar-refractivity contribution is 0.00578. The Hall–Kier alpha value is -1.70. The van der Waals surface area contributed by atoms with Crippen molar-refractivity contribution < 1.29 is 17.9 Å². The Bertz CT molecular complexity index is 955. The molecular weight excluding hydrogens is 364 g/mol. The molecule has 0 radical (unpaired) electrons. The fraction of sp³-hybridized carbons (Fsp3) is 0.400. The number of rotatable bonds is 3. The van der Waals surface area contributed by atoms with Gasteiger partial charge in [0.15, 0.2) is 0 Å². The van der Waals surface area contributed by atoms with Crippen LogP contribution in [0.4, 0.5) is 10.1 Å². The fourth-order valence-electron chi connectivity index (χ4n) is 2.84. The van der Waals surface area contributed by atoms with Crippen molar-refractivity contribution in [2.24, 2.45) is 4.36 Å². The predicted octanol–water partition coefficient (Wildman–Crippen LogP) is 4.15. The molecule has 1 aliphatic heterocycles. The lowest BCUT2D eigenvalue weighted by atomic mass is 9.78. The lowest BCUT2D eigenvalue weighted by Crippen LogP contribution is -2.41. The minimum atomic E-state index is -2.21. The highest BCUT2D eigenvalue weighted by Crippen LogP contribution is 2.36. The molecule has 7 heteroatoms. The average molecular weight is 389 g/mol. The van der Waals surface area contributed by atoms with Crippen LogP contribution in [0.25, 0.3) is 11.1 Å². The second-order valence-corrected chi connectivity index (χ2v) is 10.7. The molecule has 0 bridgehead atoms. The molecule has 1 aliphatic rings. The van der Waals surface area contributed by atoms with Gasteiger partial charge in [0.25, 0.3) is 0 Å². The third-order valence-electron chi connectivity index (χ3n) is 5.03. The van der Waals surface area contributed by atoms with Crippen LogP contribution in [0, 0.1) is 5.82 Å². The second kappa shape index (κ2) is 6.72. The molecule has 0 saturated carbocycles. The van der Waals surface area contributed by atoms with E-state index in [0.717, 1.165) is 11.1 Å². The molecule has 2 aromatic rings. The monoisotopic (exact) mass is 389 g/mol. The summed E-state index contributed by atoms with van der Waals surface area (Å²) in [4.78, 5) is 0. The molecule has 3 rings (SSSR count). The average Bonchev–Trinajstić information content (AvgIpc) is 2.74. The van der Waals surface area contributed by atoms with Gasteiger partial charge in [-0.25, -0.2) is 8.60 Å². The summed E-state index contributed by atoms with van der Waals surface area (Å²) in [6.07, 6.45) is 3.18. The van der Waals surface area contributed by atoms with E-state index in [1.807, 2.05) is 45.9 Å². The zero-order valence-corrected chi connectivity index (χ0v) is 17.4. The topological polar surface area (TPSA) is 47.9 Å². The van der Waals surface area contributed by atoms with E-state index in [2.05, 4.69) is 4.36 Å². The van der Waals surface area contributed by atoms with Crippen molar-refractivity contribution in [2.75, 3.05) is 12.5 Å². The minimum Gasteiger partial charge on any atom is -0.399 e. The highest BCUT2D eigenvalue weighted by atomic mass is 32.2. The van der Waals surface area contributed by atoms with Crippen molar-refractivity contribution >= 4 is 28.0 Å². The van der Waals surface area contributed by atoms with Crippen molar-refractivity contribution in [3.8, 4) is 11.1 Å². The van der Waals surface area contributed by atoms with Gasteiger partial charge in [-0.15, -0.1) is 0 Å². The first kappa shape index (κ1) is 20.0. The summed E-state index contributed by atoms with van der Waals surface area (Å²) < 4.78 is 42.6. The molecule has 0 amide bonds. The van der Waals surface area contributed by atoms with Gasteiger partial charge < -0.3 is 9.31 Å². The summed E-state index contributed by atoms with van der Waals surface area (Å²) in [6.45, 7) is 7.77. The molecule has 0 spiro atoms. The molecule has 144 valence electrons. The van der Waals surface area contributed by atoms with E-state index in [4.69, 9.17) is 9.31 Å². The fourth-order valence-corrected chi connectivity index (χ4v) is 3.47. The van der Waals surface area contributed by atoms with Crippen molar-refractivity contribution in [3.05, 3.63) is 48.3 Å². The van der Waals surface area contributed by atoms with E-state index >= 15 is 0 Å². The van der Waals surface area contributed by atoms with Gasteiger partial charge in [0.05, 0.1) is 16.9 Å². The van der Waals surface area contributed by atoms with E-state index in [9.17, 15) is 8.60 Å². The van der Waals surface area contributed by atoms with Gasteiger partial charge in [-0.1, -0.05) is 24.3 Å². The van der Waals surface area contributed by atoms with Gasteiger partial charge in [-0.2, -0.15) is 4.36 Å². The van der Waals surface area contributed by atoms with Crippen LogP contribution in [0.5, 0.6) is 0 Å². The number of halogens is 1. The molecule has 0 N–H and O–H groups in total. The minimum absolute atomic E-state index is 0.370. The molecule has 0 atom stereocenters. The van der Waals surface area contributed by atoms with Gasteiger partial charge in [-0.05, 0) is 57.0 Å².